The first-order valence-corrected chi connectivity index (χ1v) is 8.62. The Morgan fingerprint density at radius 3 is 2.48 bits per heavy atom. The maximum Gasteiger partial charge on any atom is 0.453 e. The minimum Gasteiger partial charge on any atom is -0.476 e. The first kappa shape index (κ1) is 22.3. The second-order valence-electron chi connectivity index (χ2n) is 6.27. The molecule has 0 aliphatic rings. The topological polar surface area (TPSA) is 65.2 Å². The highest BCUT2D eigenvalue weighted by Gasteiger charge is 2.38. The smallest absolute Gasteiger partial charge is 0.453 e. The molecule has 0 bridgehead atoms. The number of nitrogens with zero attached hydrogens (tertiary/aromatic N) is 5. The van der Waals surface area contributed by atoms with Crippen LogP contribution in [-0.4, -0.2) is 37.6 Å². The van der Waals surface area contributed by atoms with Gasteiger partial charge in [0, 0.05) is 11.8 Å². The first-order valence-electron chi connectivity index (χ1n) is 8.62. The zero-order valence-corrected chi connectivity index (χ0v) is 15.4. The fourth-order valence-corrected chi connectivity index (χ4v) is 2.59. The summed E-state index contributed by atoms with van der Waals surface area (Å²) in [6.07, 6.45) is -3.88. The Kier molecular flexibility index (Phi) is 6.01. The number of pyridine rings is 1. The van der Waals surface area contributed by atoms with Gasteiger partial charge in [-0.2, -0.15) is 36.0 Å². The summed E-state index contributed by atoms with van der Waals surface area (Å²) in [5.74, 6) is -3.08. The minimum atomic E-state index is -4.79. The minimum absolute atomic E-state index is 0.0399. The number of hydrogen-bond donors (Lipinski definition) is 0. The fraction of sp³-hybridized carbons (Fsp3) is 0.333. The summed E-state index contributed by atoms with van der Waals surface area (Å²) in [6, 6.07) is 3.45. The van der Waals surface area contributed by atoms with E-state index < -0.39 is 42.2 Å². The summed E-state index contributed by atoms with van der Waals surface area (Å²) in [7, 11) is 0. The van der Waals surface area contributed by atoms with Crippen LogP contribution in [0.15, 0.2) is 24.4 Å². The molecule has 0 aliphatic carbocycles. The maximum absolute atomic E-state index is 14.3. The van der Waals surface area contributed by atoms with Crippen molar-refractivity contribution < 1.29 is 35.5 Å². The highest BCUT2D eigenvalue weighted by atomic mass is 19.4. The van der Waals surface area contributed by atoms with E-state index >= 15 is 0 Å². The van der Waals surface area contributed by atoms with Gasteiger partial charge in [-0.1, -0.05) is 5.92 Å². The van der Waals surface area contributed by atoms with Crippen molar-refractivity contribution in [2.24, 2.45) is 5.92 Å². The van der Waals surface area contributed by atoms with E-state index in [1.807, 2.05) is 0 Å². The van der Waals surface area contributed by atoms with Crippen LogP contribution < -0.4 is 4.74 Å². The van der Waals surface area contributed by atoms with Crippen molar-refractivity contribution in [2.45, 2.75) is 25.2 Å². The van der Waals surface area contributed by atoms with Crippen LogP contribution in [0.4, 0.5) is 30.7 Å². The van der Waals surface area contributed by atoms with E-state index in [0.29, 0.717) is 4.52 Å². The predicted octanol–water partition coefficient (Wildman–Crippen LogP) is 4.31. The van der Waals surface area contributed by atoms with Crippen molar-refractivity contribution in [2.75, 3.05) is 6.61 Å². The van der Waals surface area contributed by atoms with Gasteiger partial charge in [-0.25, -0.2) is 9.37 Å². The standard InChI is InChI=1S/C18H12F7N5O/c1-2-11(17(20,21)22)4-3-7-31-15-12(19)8-10(9-26-15)13-5-6-14-27-28-16(18(23,24)25)30(14)29-13/h1,5-6,8-9,11H,3-4,7H2. The van der Waals surface area contributed by atoms with Gasteiger partial charge in [-0.05, 0) is 31.0 Å². The van der Waals surface area contributed by atoms with E-state index in [-0.39, 0.29) is 29.9 Å². The second-order valence-corrected chi connectivity index (χ2v) is 6.27. The lowest BCUT2D eigenvalue weighted by atomic mass is 10.0. The summed E-state index contributed by atoms with van der Waals surface area (Å²) in [6.45, 7) is -0.266. The van der Waals surface area contributed by atoms with Crippen molar-refractivity contribution in [3.63, 3.8) is 0 Å². The van der Waals surface area contributed by atoms with E-state index in [4.69, 9.17) is 11.2 Å². The molecule has 3 rings (SSSR count). The summed E-state index contributed by atoms with van der Waals surface area (Å²) in [5.41, 5.74) is -0.163. The largest absolute Gasteiger partial charge is 0.476 e. The number of terminal acetylenes is 1. The highest BCUT2D eigenvalue weighted by molar-refractivity contribution is 5.59. The summed E-state index contributed by atoms with van der Waals surface area (Å²) in [4.78, 5) is 3.72. The monoisotopic (exact) mass is 447 g/mol. The van der Waals surface area contributed by atoms with Crippen molar-refractivity contribution in [1.29, 1.82) is 0 Å². The molecule has 0 spiro atoms. The zero-order chi connectivity index (χ0) is 22.8. The molecular formula is C18H12F7N5O. The van der Waals surface area contributed by atoms with Gasteiger partial charge in [0.05, 0.1) is 12.3 Å². The summed E-state index contributed by atoms with van der Waals surface area (Å²) in [5, 5.41) is 10.2. The van der Waals surface area contributed by atoms with E-state index in [0.717, 1.165) is 12.3 Å². The molecule has 31 heavy (non-hydrogen) atoms. The maximum atomic E-state index is 14.3. The third kappa shape index (κ3) is 5.01. The molecule has 0 saturated carbocycles. The SMILES string of the molecule is C#CC(CCCOc1ncc(-c2ccc3nnc(C(F)(F)F)n3n2)cc1F)C(F)(F)F. The quantitative estimate of drug-likeness (QED) is 0.320. The molecule has 0 fully saturated rings. The molecule has 3 aromatic heterocycles. The Morgan fingerprint density at radius 2 is 1.87 bits per heavy atom. The molecule has 3 aromatic rings. The number of ether oxygens (including phenoxy) is 1. The molecule has 13 heteroatoms. The lowest BCUT2D eigenvalue weighted by molar-refractivity contribution is -0.160. The average Bonchev–Trinajstić information content (AvgIpc) is 3.11. The molecular weight excluding hydrogens is 435 g/mol. The van der Waals surface area contributed by atoms with Crippen LogP contribution in [0.5, 0.6) is 5.88 Å². The molecule has 6 nitrogen and oxygen atoms in total. The molecule has 1 atom stereocenters. The molecule has 164 valence electrons. The number of alkyl halides is 6. The Bertz CT molecular complexity index is 1120. The molecule has 0 amide bonds. The first-order chi connectivity index (χ1) is 14.5. The van der Waals surface area contributed by atoms with Gasteiger partial charge >= 0.3 is 12.4 Å². The van der Waals surface area contributed by atoms with Crippen LogP contribution in [0.3, 0.4) is 0 Å². The van der Waals surface area contributed by atoms with E-state index in [1.54, 1.807) is 5.92 Å². The third-order valence-electron chi connectivity index (χ3n) is 4.09. The van der Waals surface area contributed by atoms with Gasteiger partial charge in [-0.3, -0.25) is 0 Å². The predicted molar refractivity (Wildman–Crippen MR) is 92.1 cm³/mol. The van der Waals surface area contributed by atoms with Gasteiger partial charge in [0.25, 0.3) is 5.82 Å². The van der Waals surface area contributed by atoms with Gasteiger partial charge < -0.3 is 4.74 Å². The number of hydrogen-bond acceptors (Lipinski definition) is 5. The Labute approximate surface area is 170 Å². The number of aromatic nitrogens is 5. The number of fused-ring (bicyclic) bond motifs is 1. The highest BCUT2D eigenvalue weighted by Crippen LogP contribution is 2.30. The normalized spacial score (nSPS) is 13.2. The fourth-order valence-electron chi connectivity index (χ4n) is 2.59. The van der Waals surface area contributed by atoms with Crippen LogP contribution in [0, 0.1) is 24.1 Å². The molecule has 0 aliphatic heterocycles. The Balaban J connectivity index is 1.72. The zero-order valence-electron chi connectivity index (χ0n) is 15.4. The van der Waals surface area contributed by atoms with Crippen LogP contribution in [0.1, 0.15) is 18.7 Å². The molecule has 0 radical (unpaired) electrons. The second kappa shape index (κ2) is 8.37. The van der Waals surface area contributed by atoms with Crippen LogP contribution >= 0.6 is 0 Å². The van der Waals surface area contributed by atoms with Gasteiger partial charge in [-0.15, -0.1) is 16.6 Å². The third-order valence-corrected chi connectivity index (χ3v) is 4.09. The molecule has 0 aromatic carbocycles. The number of rotatable bonds is 6. The molecule has 0 N–H and O–H groups in total. The van der Waals surface area contributed by atoms with Gasteiger partial charge in [0.2, 0.25) is 5.88 Å². The van der Waals surface area contributed by atoms with Crippen molar-refractivity contribution in [3.05, 3.63) is 36.0 Å². The van der Waals surface area contributed by atoms with Gasteiger partial charge in [0.1, 0.15) is 5.92 Å². The Morgan fingerprint density at radius 1 is 1.13 bits per heavy atom. The lowest BCUT2D eigenvalue weighted by Crippen LogP contribution is -2.21. The molecule has 0 saturated heterocycles. The van der Waals surface area contributed by atoms with E-state index in [1.165, 1.54) is 12.1 Å². The summed E-state index contributed by atoms with van der Waals surface area (Å²) < 4.78 is 96.4. The van der Waals surface area contributed by atoms with E-state index in [9.17, 15) is 30.7 Å². The Hall–Kier alpha value is -3.43. The van der Waals surface area contributed by atoms with E-state index in [2.05, 4.69) is 20.3 Å². The van der Waals surface area contributed by atoms with Crippen molar-refractivity contribution in [3.8, 4) is 29.5 Å². The van der Waals surface area contributed by atoms with Crippen LogP contribution in [0.25, 0.3) is 16.9 Å². The van der Waals surface area contributed by atoms with Crippen molar-refractivity contribution >= 4 is 5.65 Å². The molecule has 3 heterocycles. The van der Waals surface area contributed by atoms with Crippen molar-refractivity contribution in [1.82, 2.24) is 24.8 Å². The lowest BCUT2D eigenvalue weighted by Gasteiger charge is -2.14. The van der Waals surface area contributed by atoms with Crippen LogP contribution in [0.2, 0.25) is 0 Å². The van der Waals surface area contributed by atoms with Gasteiger partial charge in [0.15, 0.2) is 11.5 Å². The summed E-state index contributed by atoms with van der Waals surface area (Å²) >= 11 is 0. The number of halogens is 7. The molecule has 1 unspecified atom stereocenters. The average molecular weight is 447 g/mol. The van der Waals surface area contributed by atoms with Crippen LogP contribution in [-0.2, 0) is 6.18 Å².